The van der Waals surface area contributed by atoms with Gasteiger partial charge in [0.2, 0.25) is 5.06 Å². The van der Waals surface area contributed by atoms with Gasteiger partial charge in [0.1, 0.15) is 5.75 Å². The molecule has 2 aromatic carbocycles. The summed E-state index contributed by atoms with van der Waals surface area (Å²) in [5.41, 5.74) is 3.31. The standard InChI is InChI=1S/C21H21N3O2S/c1-14-5-3-8-18(11-14)26-19-13-22-20(27-19)23-21(25)24(2)17-7-4-6-16(12-17)15-9-10-15/h3-8,11-13,15H,9-10H2,1-2H3,(H,22,23,25). The number of hydrogen-bond acceptors (Lipinski definition) is 4. The second-order valence-electron chi connectivity index (χ2n) is 6.76. The van der Waals surface area contributed by atoms with Crippen molar-refractivity contribution in [3.63, 3.8) is 0 Å². The number of urea groups is 1. The number of hydrogen-bond donors (Lipinski definition) is 1. The third kappa shape index (κ3) is 4.28. The van der Waals surface area contributed by atoms with E-state index >= 15 is 0 Å². The van der Waals surface area contributed by atoms with Crippen LogP contribution in [0.15, 0.2) is 54.7 Å². The average Bonchev–Trinajstić information content (AvgIpc) is 3.43. The molecule has 2 amide bonds. The van der Waals surface area contributed by atoms with Gasteiger partial charge in [-0.05, 0) is 61.1 Å². The molecule has 27 heavy (non-hydrogen) atoms. The number of carbonyl (C=O) groups excluding carboxylic acids is 1. The Balaban J connectivity index is 1.40. The number of aryl methyl sites for hydroxylation is 1. The zero-order valence-corrected chi connectivity index (χ0v) is 16.1. The van der Waals surface area contributed by atoms with Gasteiger partial charge in [-0.3, -0.25) is 10.2 Å². The largest absolute Gasteiger partial charge is 0.445 e. The van der Waals surface area contributed by atoms with Gasteiger partial charge in [0.15, 0.2) is 5.13 Å². The third-order valence-electron chi connectivity index (χ3n) is 4.52. The number of ether oxygens (including phenoxy) is 1. The van der Waals surface area contributed by atoms with Crippen molar-refractivity contribution < 1.29 is 9.53 Å². The molecular weight excluding hydrogens is 358 g/mol. The van der Waals surface area contributed by atoms with Crippen LogP contribution in [-0.4, -0.2) is 18.1 Å². The monoisotopic (exact) mass is 379 g/mol. The molecular formula is C21H21N3O2S. The summed E-state index contributed by atoms with van der Waals surface area (Å²) >= 11 is 1.30. The molecule has 0 aliphatic heterocycles. The molecule has 4 rings (SSSR count). The smallest absolute Gasteiger partial charge is 0.327 e. The van der Waals surface area contributed by atoms with Gasteiger partial charge in [-0.2, -0.15) is 0 Å². The van der Waals surface area contributed by atoms with Crippen LogP contribution in [0.2, 0.25) is 0 Å². The van der Waals surface area contributed by atoms with Crippen molar-refractivity contribution in [2.75, 3.05) is 17.3 Å². The van der Waals surface area contributed by atoms with Crippen LogP contribution in [0.25, 0.3) is 0 Å². The van der Waals surface area contributed by atoms with Crippen LogP contribution in [0.3, 0.4) is 0 Å². The van der Waals surface area contributed by atoms with Crippen LogP contribution in [0, 0.1) is 6.92 Å². The minimum Gasteiger partial charge on any atom is -0.445 e. The zero-order chi connectivity index (χ0) is 18.8. The van der Waals surface area contributed by atoms with Gasteiger partial charge in [0.05, 0.1) is 6.20 Å². The highest BCUT2D eigenvalue weighted by atomic mass is 32.1. The first-order valence-electron chi connectivity index (χ1n) is 8.93. The Morgan fingerprint density at radius 3 is 2.81 bits per heavy atom. The topological polar surface area (TPSA) is 54.5 Å². The van der Waals surface area contributed by atoms with Crippen LogP contribution in [0.5, 0.6) is 10.8 Å². The summed E-state index contributed by atoms with van der Waals surface area (Å²) in [6.45, 7) is 2.01. The summed E-state index contributed by atoms with van der Waals surface area (Å²) < 4.78 is 5.81. The summed E-state index contributed by atoms with van der Waals surface area (Å²) in [6.07, 6.45) is 4.10. The number of carbonyl (C=O) groups is 1. The molecule has 0 atom stereocenters. The van der Waals surface area contributed by atoms with E-state index < -0.39 is 0 Å². The van der Waals surface area contributed by atoms with E-state index in [0.29, 0.717) is 16.1 Å². The molecule has 0 unspecified atom stereocenters. The minimum absolute atomic E-state index is 0.223. The Labute approximate surface area is 162 Å². The second-order valence-corrected chi connectivity index (χ2v) is 7.75. The number of nitrogens with zero attached hydrogens (tertiary/aromatic N) is 2. The Kier molecular flexibility index (Phi) is 4.81. The van der Waals surface area contributed by atoms with E-state index in [0.717, 1.165) is 17.0 Å². The molecule has 5 nitrogen and oxygen atoms in total. The molecule has 3 aromatic rings. The predicted molar refractivity (Wildman–Crippen MR) is 109 cm³/mol. The van der Waals surface area contributed by atoms with Crippen molar-refractivity contribution in [2.45, 2.75) is 25.7 Å². The average molecular weight is 379 g/mol. The van der Waals surface area contributed by atoms with Crippen molar-refractivity contribution in [3.05, 3.63) is 65.9 Å². The molecule has 0 spiro atoms. The first kappa shape index (κ1) is 17.5. The molecule has 1 saturated carbocycles. The van der Waals surface area contributed by atoms with E-state index in [9.17, 15) is 4.79 Å². The van der Waals surface area contributed by atoms with Gasteiger partial charge in [0, 0.05) is 12.7 Å². The first-order chi connectivity index (χ1) is 13.1. The van der Waals surface area contributed by atoms with E-state index in [2.05, 4.69) is 22.4 Å². The molecule has 1 heterocycles. The number of nitrogens with one attached hydrogen (secondary N) is 1. The summed E-state index contributed by atoms with van der Waals surface area (Å²) in [5, 5.41) is 3.98. The Hall–Kier alpha value is -2.86. The highest BCUT2D eigenvalue weighted by Crippen LogP contribution is 2.41. The fraction of sp³-hybridized carbons (Fsp3) is 0.238. The van der Waals surface area contributed by atoms with Gasteiger partial charge in [-0.1, -0.05) is 35.6 Å². The molecule has 6 heteroatoms. The van der Waals surface area contributed by atoms with Crippen molar-refractivity contribution >= 4 is 28.2 Å². The first-order valence-corrected chi connectivity index (χ1v) is 9.75. The third-order valence-corrected chi connectivity index (χ3v) is 5.31. The lowest BCUT2D eigenvalue weighted by Gasteiger charge is -2.18. The molecule has 0 saturated heterocycles. The Bertz CT molecular complexity index is 965. The van der Waals surface area contributed by atoms with Gasteiger partial charge in [-0.15, -0.1) is 0 Å². The number of thiazole rings is 1. The van der Waals surface area contributed by atoms with E-state index in [1.165, 1.54) is 29.7 Å². The van der Waals surface area contributed by atoms with Gasteiger partial charge in [0.25, 0.3) is 0 Å². The van der Waals surface area contributed by atoms with Gasteiger partial charge < -0.3 is 4.74 Å². The predicted octanol–water partition coefficient (Wildman–Crippen LogP) is 5.79. The van der Waals surface area contributed by atoms with Crippen LogP contribution in [-0.2, 0) is 0 Å². The number of rotatable bonds is 5. The minimum atomic E-state index is -0.223. The second kappa shape index (κ2) is 7.40. The molecule has 0 bridgehead atoms. The Morgan fingerprint density at radius 1 is 1.22 bits per heavy atom. The lowest BCUT2D eigenvalue weighted by atomic mass is 10.1. The normalized spacial score (nSPS) is 13.3. The maximum atomic E-state index is 12.6. The highest BCUT2D eigenvalue weighted by Gasteiger charge is 2.24. The quantitative estimate of drug-likeness (QED) is 0.610. The molecule has 1 aromatic heterocycles. The number of benzene rings is 2. The SMILES string of the molecule is Cc1cccc(Oc2cnc(NC(=O)N(C)c3cccc(C4CC4)c3)s2)c1. The molecule has 1 aliphatic rings. The maximum absolute atomic E-state index is 12.6. The van der Waals surface area contributed by atoms with E-state index in [-0.39, 0.29) is 6.03 Å². The fourth-order valence-corrected chi connectivity index (χ4v) is 3.53. The Morgan fingerprint density at radius 2 is 2.04 bits per heavy atom. The zero-order valence-electron chi connectivity index (χ0n) is 15.3. The molecule has 1 aliphatic carbocycles. The highest BCUT2D eigenvalue weighted by molar-refractivity contribution is 7.17. The number of amides is 2. The van der Waals surface area contributed by atoms with Crippen LogP contribution < -0.4 is 15.0 Å². The van der Waals surface area contributed by atoms with Crippen molar-refractivity contribution in [1.82, 2.24) is 4.98 Å². The summed E-state index contributed by atoms with van der Waals surface area (Å²) in [5.74, 6) is 1.41. The summed E-state index contributed by atoms with van der Waals surface area (Å²) in [7, 11) is 1.76. The molecule has 1 fully saturated rings. The maximum Gasteiger partial charge on any atom is 0.327 e. The van der Waals surface area contributed by atoms with Gasteiger partial charge in [-0.25, -0.2) is 9.78 Å². The summed E-state index contributed by atoms with van der Waals surface area (Å²) in [6, 6.07) is 15.7. The molecule has 0 radical (unpaired) electrons. The van der Waals surface area contributed by atoms with E-state index in [1.54, 1.807) is 18.1 Å². The lowest BCUT2D eigenvalue weighted by molar-refractivity contribution is 0.258. The van der Waals surface area contributed by atoms with Gasteiger partial charge >= 0.3 is 6.03 Å². The van der Waals surface area contributed by atoms with Crippen molar-refractivity contribution in [1.29, 1.82) is 0 Å². The molecule has 138 valence electrons. The summed E-state index contributed by atoms with van der Waals surface area (Å²) in [4.78, 5) is 18.4. The van der Waals surface area contributed by atoms with Crippen LogP contribution in [0.1, 0.15) is 29.9 Å². The van der Waals surface area contributed by atoms with E-state index in [1.807, 2.05) is 43.3 Å². The molecule has 1 N–H and O–H groups in total. The van der Waals surface area contributed by atoms with E-state index in [4.69, 9.17) is 4.74 Å². The number of anilines is 2. The fourth-order valence-electron chi connectivity index (χ4n) is 2.86. The van der Waals surface area contributed by atoms with Crippen molar-refractivity contribution in [2.24, 2.45) is 0 Å². The van der Waals surface area contributed by atoms with Crippen molar-refractivity contribution in [3.8, 4) is 10.8 Å². The lowest BCUT2D eigenvalue weighted by Crippen LogP contribution is -2.31. The van der Waals surface area contributed by atoms with Crippen LogP contribution >= 0.6 is 11.3 Å². The van der Waals surface area contributed by atoms with Crippen LogP contribution in [0.4, 0.5) is 15.6 Å². The number of aromatic nitrogens is 1.